The molecule has 2 rings (SSSR count). The number of ether oxygens (including phenoxy) is 1. The van der Waals surface area contributed by atoms with Crippen molar-refractivity contribution in [2.45, 2.75) is 40.5 Å². The highest BCUT2D eigenvalue weighted by Gasteiger charge is 2.13. The lowest BCUT2D eigenvalue weighted by molar-refractivity contribution is -0.148. The molecule has 2 aromatic rings. The van der Waals surface area contributed by atoms with E-state index in [2.05, 4.69) is 9.97 Å². The number of esters is 1. The van der Waals surface area contributed by atoms with Crippen LogP contribution in [0, 0.1) is 0 Å². The van der Waals surface area contributed by atoms with Gasteiger partial charge < -0.3 is 14.7 Å². The Morgan fingerprint density at radius 1 is 1.11 bits per heavy atom. The molecule has 0 radical (unpaired) electrons. The third kappa shape index (κ3) is 11.6. The number of hydrogen-bond donors (Lipinski definition) is 1. The van der Waals surface area contributed by atoms with E-state index in [1.165, 1.54) is 11.8 Å². The summed E-state index contributed by atoms with van der Waals surface area (Å²) in [5.41, 5.74) is 0.810. The Bertz CT molecular complexity index is 599. The summed E-state index contributed by atoms with van der Waals surface area (Å²) >= 11 is 0. The number of rotatable bonds is 6. The molecule has 1 amide bonds. The van der Waals surface area contributed by atoms with Gasteiger partial charge in [-0.3, -0.25) is 9.59 Å². The van der Waals surface area contributed by atoms with Crippen LogP contribution >= 0.6 is 0 Å². The van der Waals surface area contributed by atoms with Gasteiger partial charge in [0.2, 0.25) is 5.91 Å². The minimum Gasteiger partial charge on any atom is -0.465 e. The van der Waals surface area contributed by atoms with Crippen LogP contribution in [0.5, 0.6) is 0 Å². The van der Waals surface area contributed by atoms with Crippen LogP contribution in [0.25, 0.3) is 11.0 Å². The van der Waals surface area contributed by atoms with Crippen molar-refractivity contribution in [3.05, 3.63) is 36.7 Å². The third-order valence-electron chi connectivity index (χ3n) is 3.23. The number of nitrogens with zero attached hydrogens (tertiary/aromatic N) is 3. The summed E-state index contributed by atoms with van der Waals surface area (Å²) < 4.78 is 4.77. The molecule has 7 heteroatoms. The normalized spacial score (nSPS) is 9.37. The van der Waals surface area contributed by atoms with E-state index < -0.39 is 0 Å². The van der Waals surface area contributed by atoms with E-state index in [-0.39, 0.29) is 25.0 Å². The van der Waals surface area contributed by atoms with Crippen molar-refractivity contribution >= 4 is 22.9 Å². The second-order valence-corrected chi connectivity index (χ2v) is 5.47. The molecule has 0 aliphatic heterocycles. The van der Waals surface area contributed by atoms with Crippen molar-refractivity contribution in [1.82, 2.24) is 14.9 Å². The van der Waals surface area contributed by atoms with Gasteiger partial charge in [0.1, 0.15) is 6.54 Å². The minimum atomic E-state index is -0.334. The van der Waals surface area contributed by atoms with E-state index in [0.717, 1.165) is 23.9 Å². The SMILES string of the molecule is CCCCN(CC(=O)OCC)C(C)=O.CCO.c1cnc2ncccc2c1. The van der Waals surface area contributed by atoms with Gasteiger partial charge in [-0.05, 0) is 44.5 Å². The smallest absolute Gasteiger partial charge is 0.325 e. The van der Waals surface area contributed by atoms with Crippen LogP contribution in [-0.4, -0.2) is 58.2 Å². The Kier molecular flexibility index (Phi) is 14.2. The molecular formula is C20H31N3O4. The minimum absolute atomic E-state index is 0.0726. The highest BCUT2D eigenvalue weighted by Crippen LogP contribution is 2.04. The molecule has 0 bridgehead atoms. The summed E-state index contributed by atoms with van der Waals surface area (Å²) in [6.07, 6.45) is 5.41. The molecule has 7 nitrogen and oxygen atoms in total. The first-order valence-electron chi connectivity index (χ1n) is 9.17. The van der Waals surface area contributed by atoms with Crippen LogP contribution < -0.4 is 0 Å². The van der Waals surface area contributed by atoms with Gasteiger partial charge in [0.15, 0.2) is 5.65 Å². The van der Waals surface area contributed by atoms with Gasteiger partial charge in [-0.1, -0.05) is 13.3 Å². The number of carbonyl (C=O) groups is 2. The van der Waals surface area contributed by atoms with E-state index in [1.807, 2.05) is 31.2 Å². The summed E-state index contributed by atoms with van der Waals surface area (Å²) in [5, 5.41) is 8.66. The Balaban J connectivity index is 0.000000450. The van der Waals surface area contributed by atoms with E-state index in [9.17, 15) is 9.59 Å². The Labute approximate surface area is 161 Å². The molecule has 0 aliphatic carbocycles. The average Bonchev–Trinajstić information content (AvgIpc) is 2.66. The van der Waals surface area contributed by atoms with Crippen LogP contribution in [-0.2, 0) is 14.3 Å². The first-order valence-corrected chi connectivity index (χ1v) is 9.17. The Morgan fingerprint density at radius 3 is 2.07 bits per heavy atom. The number of aliphatic hydroxyl groups is 1. The number of pyridine rings is 2. The number of hydrogen-bond acceptors (Lipinski definition) is 6. The summed E-state index contributed by atoms with van der Waals surface area (Å²) in [6.45, 7) is 8.26. The molecule has 0 saturated carbocycles. The maximum Gasteiger partial charge on any atom is 0.325 e. The molecule has 0 unspecified atom stereocenters. The number of aromatic nitrogens is 2. The number of fused-ring (bicyclic) bond motifs is 1. The summed E-state index contributed by atoms with van der Waals surface area (Å²) in [4.78, 5) is 31.9. The summed E-state index contributed by atoms with van der Waals surface area (Å²) in [7, 11) is 0. The lowest BCUT2D eigenvalue weighted by atomic mass is 10.3. The van der Waals surface area contributed by atoms with E-state index in [4.69, 9.17) is 9.84 Å². The molecule has 1 N–H and O–H groups in total. The average molecular weight is 377 g/mol. The van der Waals surface area contributed by atoms with Gasteiger partial charge in [0.25, 0.3) is 0 Å². The standard InChI is InChI=1S/C10H19NO3.C8H6N2.C2H6O/c1-4-6-7-11(9(3)12)8-10(13)14-5-2;1-3-7-4-2-6-10-8(7)9-5-1;1-2-3/h4-8H2,1-3H3;1-6H;3H,2H2,1H3. The van der Waals surface area contributed by atoms with Gasteiger partial charge in [0.05, 0.1) is 6.61 Å². The van der Waals surface area contributed by atoms with Crippen molar-refractivity contribution in [3.63, 3.8) is 0 Å². The highest BCUT2D eigenvalue weighted by atomic mass is 16.5. The van der Waals surface area contributed by atoms with Crippen molar-refractivity contribution in [2.24, 2.45) is 0 Å². The second-order valence-electron chi connectivity index (χ2n) is 5.47. The zero-order valence-electron chi connectivity index (χ0n) is 16.7. The van der Waals surface area contributed by atoms with Gasteiger partial charge in [0, 0.05) is 37.9 Å². The fourth-order valence-corrected chi connectivity index (χ4v) is 1.97. The van der Waals surface area contributed by atoms with E-state index in [0.29, 0.717) is 13.2 Å². The monoisotopic (exact) mass is 377 g/mol. The van der Waals surface area contributed by atoms with Gasteiger partial charge >= 0.3 is 5.97 Å². The van der Waals surface area contributed by atoms with Gasteiger partial charge in [-0.25, -0.2) is 9.97 Å². The highest BCUT2D eigenvalue weighted by molar-refractivity contribution is 5.80. The number of carbonyl (C=O) groups excluding carboxylic acids is 2. The molecule has 0 atom stereocenters. The first kappa shape index (κ1) is 24.5. The first-order chi connectivity index (χ1) is 13.0. The summed E-state index contributed by atoms with van der Waals surface area (Å²) in [6, 6.07) is 7.80. The van der Waals surface area contributed by atoms with Crippen molar-refractivity contribution in [1.29, 1.82) is 0 Å². The number of unbranched alkanes of at least 4 members (excludes halogenated alkanes) is 1. The van der Waals surface area contributed by atoms with Crippen LogP contribution in [0.4, 0.5) is 0 Å². The van der Waals surface area contributed by atoms with Crippen molar-refractivity contribution in [2.75, 3.05) is 26.3 Å². The lowest BCUT2D eigenvalue weighted by Gasteiger charge is -2.19. The zero-order valence-corrected chi connectivity index (χ0v) is 16.7. The van der Waals surface area contributed by atoms with Crippen LogP contribution in [0.15, 0.2) is 36.7 Å². The predicted molar refractivity (Wildman–Crippen MR) is 106 cm³/mol. The maximum atomic E-state index is 11.1. The quantitative estimate of drug-likeness (QED) is 0.778. The molecule has 2 heterocycles. The van der Waals surface area contributed by atoms with E-state index >= 15 is 0 Å². The lowest BCUT2D eigenvalue weighted by Crippen LogP contribution is -2.35. The molecule has 150 valence electrons. The molecule has 0 fully saturated rings. The van der Waals surface area contributed by atoms with Gasteiger partial charge in [-0.15, -0.1) is 0 Å². The molecule has 0 saturated heterocycles. The fourth-order valence-electron chi connectivity index (χ4n) is 1.97. The molecule has 0 spiro atoms. The Morgan fingerprint density at radius 2 is 1.67 bits per heavy atom. The van der Waals surface area contributed by atoms with Crippen LogP contribution in [0.3, 0.4) is 0 Å². The predicted octanol–water partition coefficient (Wildman–Crippen LogP) is 2.83. The number of aliphatic hydroxyl groups excluding tert-OH is 1. The molecular weight excluding hydrogens is 346 g/mol. The third-order valence-corrected chi connectivity index (χ3v) is 3.23. The van der Waals surface area contributed by atoms with Crippen LogP contribution in [0.1, 0.15) is 40.5 Å². The zero-order chi connectivity index (χ0) is 20.5. The second kappa shape index (κ2) is 15.7. The van der Waals surface area contributed by atoms with Crippen molar-refractivity contribution < 1.29 is 19.4 Å². The maximum absolute atomic E-state index is 11.1. The number of amides is 1. The largest absolute Gasteiger partial charge is 0.465 e. The van der Waals surface area contributed by atoms with Crippen molar-refractivity contribution in [3.8, 4) is 0 Å². The van der Waals surface area contributed by atoms with Gasteiger partial charge in [-0.2, -0.15) is 0 Å². The molecule has 0 aromatic carbocycles. The fraction of sp³-hybridized carbons (Fsp3) is 0.500. The molecule has 0 aliphatic rings. The Hall–Kier alpha value is -2.54. The summed E-state index contributed by atoms with van der Waals surface area (Å²) in [5.74, 6) is -0.412. The van der Waals surface area contributed by atoms with E-state index in [1.54, 1.807) is 26.2 Å². The molecule has 27 heavy (non-hydrogen) atoms. The molecule has 2 aromatic heterocycles. The van der Waals surface area contributed by atoms with Crippen LogP contribution in [0.2, 0.25) is 0 Å². The topological polar surface area (TPSA) is 92.6 Å².